The van der Waals surface area contributed by atoms with Gasteiger partial charge in [-0.15, -0.1) is 0 Å². The van der Waals surface area contributed by atoms with Gasteiger partial charge in [0.25, 0.3) is 0 Å². The van der Waals surface area contributed by atoms with E-state index < -0.39 is 0 Å². The van der Waals surface area contributed by atoms with Gasteiger partial charge in [-0.2, -0.15) is 0 Å². The lowest BCUT2D eigenvalue weighted by atomic mass is 9.86. The molecule has 0 bridgehead atoms. The van der Waals surface area contributed by atoms with Gasteiger partial charge in [0.1, 0.15) is 0 Å². The van der Waals surface area contributed by atoms with Crippen LogP contribution in [0, 0.1) is 6.92 Å². The van der Waals surface area contributed by atoms with Gasteiger partial charge >= 0.3 is 0 Å². The zero-order valence-corrected chi connectivity index (χ0v) is 17.7. The quantitative estimate of drug-likeness (QED) is 0.525. The van der Waals surface area contributed by atoms with Crippen molar-refractivity contribution in [3.05, 3.63) is 95.6 Å². The number of rotatable bonds is 6. The van der Waals surface area contributed by atoms with Crippen molar-refractivity contribution in [1.82, 2.24) is 0 Å². The summed E-state index contributed by atoms with van der Waals surface area (Å²) in [6, 6.07) is 28.4. The molecule has 0 aliphatic rings. The van der Waals surface area contributed by atoms with Crippen molar-refractivity contribution in [2.45, 2.75) is 39.2 Å². The van der Waals surface area contributed by atoms with Crippen LogP contribution in [0.1, 0.15) is 43.5 Å². The van der Waals surface area contributed by atoms with E-state index in [0.717, 1.165) is 12.2 Å². The Labute approximate surface area is 170 Å². The zero-order chi connectivity index (χ0) is 20.1. The highest BCUT2D eigenvalue weighted by molar-refractivity contribution is 5.50. The molecule has 0 aliphatic carbocycles. The fourth-order valence-electron chi connectivity index (χ4n) is 3.36. The van der Waals surface area contributed by atoms with E-state index in [1.54, 1.807) is 0 Å². The molecule has 1 N–H and O–H groups in total. The van der Waals surface area contributed by atoms with Crippen molar-refractivity contribution < 1.29 is 0 Å². The molecule has 3 aromatic rings. The van der Waals surface area contributed by atoms with Gasteiger partial charge in [-0.25, -0.2) is 0 Å². The summed E-state index contributed by atoms with van der Waals surface area (Å²) in [7, 11) is 2.16. The molecule has 0 amide bonds. The Kier molecular flexibility index (Phi) is 6.08. The first kappa shape index (κ1) is 20.0. The minimum atomic E-state index is 0.166. The molecule has 0 heterocycles. The van der Waals surface area contributed by atoms with Gasteiger partial charge in [-0.05, 0) is 47.7 Å². The Morgan fingerprint density at radius 3 is 2.00 bits per heavy atom. The van der Waals surface area contributed by atoms with E-state index in [9.17, 15) is 0 Å². The molecule has 0 radical (unpaired) electrons. The van der Waals surface area contributed by atoms with Crippen LogP contribution in [0.4, 0.5) is 11.4 Å². The number of para-hydroxylation sites is 1. The molecule has 1 atom stereocenters. The molecule has 0 saturated carbocycles. The number of aryl methyl sites for hydroxylation is 1. The lowest BCUT2D eigenvalue weighted by Gasteiger charge is -2.28. The van der Waals surface area contributed by atoms with Crippen LogP contribution in [0.3, 0.4) is 0 Å². The number of hydrogen-bond donors (Lipinski definition) is 1. The van der Waals surface area contributed by atoms with Crippen LogP contribution in [-0.2, 0) is 5.41 Å². The number of hydrogen-bond acceptors (Lipinski definition) is 2. The van der Waals surface area contributed by atoms with Crippen LogP contribution in [0.5, 0.6) is 0 Å². The standard InChI is InChI=1S/C26H32N2/c1-20-11-17-24(18-12-20)28(5)19-25(27-23-9-7-6-8-10-23)21-13-15-22(16-14-21)26(2,3)4/h6-18,25,27H,19H2,1-5H3. The fourth-order valence-corrected chi connectivity index (χ4v) is 3.36. The number of anilines is 2. The third kappa shape index (κ3) is 5.16. The highest BCUT2D eigenvalue weighted by Gasteiger charge is 2.17. The first-order valence-electron chi connectivity index (χ1n) is 10.0. The summed E-state index contributed by atoms with van der Waals surface area (Å²) >= 11 is 0. The Morgan fingerprint density at radius 1 is 0.821 bits per heavy atom. The monoisotopic (exact) mass is 372 g/mol. The molecule has 1 unspecified atom stereocenters. The smallest absolute Gasteiger partial charge is 0.0688 e. The minimum Gasteiger partial charge on any atom is -0.376 e. The van der Waals surface area contributed by atoms with Crippen LogP contribution in [0.25, 0.3) is 0 Å². The summed E-state index contributed by atoms with van der Waals surface area (Å²) in [4.78, 5) is 2.32. The van der Waals surface area contributed by atoms with E-state index in [1.165, 1.54) is 22.4 Å². The zero-order valence-electron chi connectivity index (χ0n) is 17.7. The molecule has 0 fully saturated rings. The van der Waals surface area contributed by atoms with Crippen LogP contribution in [0.15, 0.2) is 78.9 Å². The number of nitrogens with zero attached hydrogens (tertiary/aromatic N) is 1. The second kappa shape index (κ2) is 8.52. The Hall–Kier alpha value is -2.74. The molecule has 0 aromatic heterocycles. The number of likely N-dealkylation sites (N-methyl/N-ethyl adjacent to an activating group) is 1. The van der Waals surface area contributed by atoms with E-state index in [1.807, 2.05) is 0 Å². The Bertz CT molecular complexity index is 859. The molecule has 2 nitrogen and oxygen atoms in total. The normalized spacial score (nSPS) is 12.5. The molecule has 0 spiro atoms. The average Bonchev–Trinajstić information content (AvgIpc) is 2.68. The lowest BCUT2D eigenvalue weighted by molar-refractivity contribution is 0.589. The first-order chi connectivity index (χ1) is 13.3. The predicted octanol–water partition coefficient (Wildman–Crippen LogP) is 6.58. The van der Waals surface area contributed by atoms with Crippen LogP contribution >= 0.6 is 0 Å². The van der Waals surface area contributed by atoms with Crippen molar-refractivity contribution in [2.24, 2.45) is 0 Å². The third-order valence-corrected chi connectivity index (χ3v) is 5.22. The van der Waals surface area contributed by atoms with E-state index in [2.05, 4.69) is 124 Å². The van der Waals surface area contributed by atoms with Crippen molar-refractivity contribution >= 4 is 11.4 Å². The topological polar surface area (TPSA) is 15.3 Å². The molecular formula is C26H32N2. The van der Waals surface area contributed by atoms with Crippen LogP contribution < -0.4 is 10.2 Å². The summed E-state index contributed by atoms with van der Waals surface area (Å²) in [6.07, 6.45) is 0. The minimum absolute atomic E-state index is 0.166. The number of nitrogens with one attached hydrogen (secondary N) is 1. The largest absolute Gasteiger partial charge is 0.376 e. The summed E-state index contributed by atoms with van der Waals surface area (Å²) in [5.74, 6) is 0. The predicted molar refractivity (Wildman–Crippen MR) is 122 cm³/mol. The van der Waals surface area contributed by atoms with Gasteiger partial charge in [0.05, 0.1) is 6.04 Å². The van der Waals surface area contributed by atoms with Gasteiger partial charge in [0.2, 0.25) is 0 Å². The van der Waals surface area contributed by atoms with E-state index >= 15 is 0 Å². The second-order valence-corrected chi connectivity index (χ2v) is 8.65. The van der Waals surface area contributed by atoms with E-state index in [-0.39, 0.29) is 11.5 Å². The SMILES string of the molecule is Cc1ccc(N(C)CC(Nc2ccccc2)c2ccc(C(C)(C)C)cc2)cc1. The highest BCUT2D eigenvalue weighted by atomic mass is 15.1. The van der Waals surface area contributed by atoms with Gasteiger partial charge in [0, 0.05) is 25.0 Å². The molecule has 3 rings (SSSR count). The maximum absolute atomic E-state index is 3.72. The first-order valence-corrected chi connectivity index (χ1v) is 10.0. The maximum atomic E-state index is 3.72. The molecule has 0 saturated heterocycles. The van der Waals surface area contributed by atoms with E-state index in [4.69, 9.17) is 0 Å². The second-order valence-electron chi connectivity index (χ2n) is 8.65. The average molecular weight is 373 g/mol. The third-order valence-electron chi connectivity index (χ3n) is 5.22. The molecule has 146 valence electrons. The van der Waals surface area contributed by atoms with Gasteiger partial charge in [-0.3, -0.25) is 0 Å². The Balaban J connectivity index is 1.85. The molecule has 2 heteroatoms. The number of benzene rings is 3. The summed E-state index contributed by atoms with van der Waals surface area (Å²) in [5, 5.41) is 3.72. The molecular weight excluding hydrogens is 340 g/mol. The van der Waals surface area contributed by atoms with Gasteiger partial charge in [-0.1, -0.05) is 80.9 Å². The van der Waals surface area contributed by atoms with Crippen LogP contribution in [-0.4, -0.2) is 13.6 Å². The van der Waals surface area contributed by atoms with Crippen molar-refractivity contribution in [3.8, 4) is 0 Å². The van der Waals surface area contributed by atoms with Crippen molar-refractivity contribution in [1.29, 1.82) is 0 Å². The maximum Gasteiger partial charge on any atom is 0.0688 e. The summed E-state index contributed by atoms with van der Waals surface area (Å²) in [6.45, 7) is 9.78. The fraction of sp³-hybridized carbons (Fsp3) is 0.308. The van der Waals surface area contributed by atoms with E-state index in [0.29, 0.717) is 0 Å². The molecule has 3 aromatic carbocycles. The van der Waals surface area contributed by atoms with Gasteiger partial charge in [0.15, 0.2) is 0 Å². The highest BCUT2D eigenvalue weighted by Crippen LogP contribution is 2.27. The van der Waals surface area contributed by atoms with Gasteiger partial charge < -0.3 is 10.2 Å². The van der Waals surface area contributed by atoms with Crippen molar-refractivity contribution in [3.63, 3.8) is 0 Å². The summed E-state index contributed by atoms with van der Waals surface area (Å²) in [5.41, 5.74) is 6.49. The van der Waals surface area contributed by atoms with Crippen molar-refractivity contribution in [2.75, 3.05) is 23.8 Å². The summed E-state index contributed by atoms with van der Waals surface area (Å²) < 4.78 is 0. The van der Waals surface area contributed by atoms with Crippen LogP contribution in [0.2, 0.25) is 0 Å². The molecule has 0 aliphatic heterocycles. The Morgan fingerprint density at radius 2 is 1.43 bits per heavy atom. The lowest BCUT2D eigenvalue weighted by Crippen LogP contribution is -2.28. The molecule has 28 heavy (non-hydrogen) atoms.